The maximum absolute atomic E-state index is 13.7. The third kappa shape index (κ3) is 7.45. The highest BCUT2D eigenvalue weighted by Gasteiger charge is 2.11. The van der Waals surface area contributed by atoms with Crippen LogP contribution in [0.4, 0.5) is 10.2 Å². The lowest BCUT2D eigenvalue weighted by molar-refractivity contribution is 0.606. The predicted molar refractivity (Wildman–Crippen MR) is 129 cm³/mol. The number of hydrogen-bond donors (Lipinski definition) is 2. The third-order valence-electron chi connectivity index (χ3n) is 5.07. The average Bonchev–Trinajstić information content (AvgIpc) is 3.02. The van der Waals surface area contributed by atoms with Gasteiger partial charge in [-0.1, -0.05) is 31.0 Å². The van der Waals surface area contributed by atoms with E-state index in [9.17, 15) is 4.39 Å². The molecule has 0 unspecified atom stereocenters. The van der Waals surface area contributed by atoms with Gasteiger partial charge in [0.1, 0.15) is 11.6 Å². The Labute approximate surface area is 190 Å². The summed E-state index contributed by atoms with van der Waals surface area (Å²) in [5.41, 5.74) is 1.88. The fourth-order valence-corrected chi connectivity index (χ4v) is 3.47. The lowest BCUT2D eigenvalue weighted by Gasteiger charge is -2.22. The van der Waals surface area contributed by atoms with Crippen LogP contribution in [0.25, 0.3) is 0 Å². The number of halogens is 2. The first-order chi connectivity index (χ1) is 13.8. The predicted octanol–water partition coefficient (Wildman–Crippen LogP) is 4.13. The SMILES string of the molecule is CN=C(NCCc1ccccc1F)NCc1ccnc(N2CCCCCC2)c1.I. The number of pyridine rings is 1. The number of hydrogen-bond acceptors (Lipinski definition) is 3. The smallest absolute Gasteiger partial charge is 0.191 e. The zero-order valence-corrected chi connectivity index (χ0v) is 19.4. The van der Waals surface area contributed by atoms with Crippen LogP contribution in [-0.4, -0.2) is 37.6 Å². The molecule has 0 atom stereocenters. The highest BCUT2D eigenvalue weighted by Crippen LogP contribution is 2.18. The van der Waals surface area contributed by atoms with Gasteiger partial charge in [-0.05, 0) is 48.6 Å². The molecule has 0 spiro atoms. The Morgan fingerprint density at radius 1 is 1.10 bits per heavy atom. The number of nitrogens with zero attached hydrogens (tertiary/aromatic N) is 3. The summed E-state index contributed by atoms with van der Waals surface area (Å²) in [6.07, 6.45) is 7.60. The zero-order chi connectivity index (χ0) is 19.6. The number of aromatic nitrogens is 1. The molecule has 5 nitrogen and oxygen atoms in total. The first-order valence-electron chi connectivity index (χ1n) is 10.1. The molecule has 1 fully saturated rings. The van der Waals surface area contributed by atoms with Crippen LogP contribution in [0.5, 0.6) is 0 Å². The molecule has 2 aromatic rings. The van der Waals surface area contributed by atoms with E-state index in [1.807, 2.05) is 24.4 Å². The van der Waals surface area contributed by atoms with Gasteiger partial charge in [0.15, 0.2) is 5.96 Å². The van der Waals surface area contributed by atoms with Gasteiger partial charge in [0.05, 0.1) is 0 Å². The van der Waals surface area contributed by atoms with Gasteiger partial charge < -0.3 is 15.5 Å². The average molecular weight is 511 g/mol. The summed E-state index contributed by atoms with van der Waals surface area (Å²) in [6, 6.07) is 11.1. The van der Waals surface area contributed by atoms with Crippen LogP contribution in [0.3, 0.4) is 0 Å². The van der Waals surface area contributed by atoms with E-state index in [0.29, 0.717) is 31.0 Å². The van der Waals surface area contributed by atoms with E-state index in [1.165, 1.54) is 37.3 Å². The quantitative estimate of drug-likeness (QED) is 0.348. The molecule has 158 valence electrons. The van der Waals surface area contributed by atoms with Crippen molar-refractivity contribution < 1.29 is 4.39 Å². The molecule has 1 saturated heterocycles. The summed E-state index contributed by atoms with van der Waals surface area (Å²) in [5, 5.41) is 6.58. The second-order valence-corrected chi connectivity index (χ2v) is 7.12. The normalized spacial score (nSPS) is 14.7. The maximum Gasteiger partial charge on any atom is 0.191 e. The third-order valence-corrected chi connectivity index (χ3v) is 5.07. The highest BCUT2D eigenvalue weighted by molar-refractivity contribution is 14.0. The minimum Gasteiger partial charge on any atom is -0.357 e. The van der Waals surface area contributed by atoms with Gasteiger partial charge in [0.25, 0.3) is 0 Å². The second-order valence-electron chi connectivity index (χ2n) is 7.12. The van der Waals surface area contributed by atoms with Gasteiger partial charge >= 0.3 is 0 Å². The van der Waals surface area contributed by atoms with E-state index in [-0.39, 0.29) is 29.8 Å². The Hall–Kier alpha value is -1.90. The van der Waals surface area contributed by atoms with Crippen LogP contribution in [0.1, 0.15) is 36.8 Å². The molecule has 0 saturated carbocycles. The van der Waals surface area contributed by atoms with Crippen LogP contribution in [0.2, 0.25) is 0 Å². The molecule has 7 heteroatoms. The summed E-state index contributed by atoms with van der Waals surface area (Å²) in [5.74, 6) is 1.61. The summed E-state index contributed by atoms with van der Waals surface area (Å²) >= 11 is 0. The molecule has 1 aromatic carbocycles. The van der Waals surface area contributed by atoms with Gasteiger partial charge in [0.2, 0.25) is 0 Å². The van der Waals surface area contributed by atoms with Crippen LogP contribution in [0.15, 0.2) is 47.6 Å². The molecule has 2 heterocycles. The number of anilines is 1. The lowest BCUT2D eigenvalue weighted by atomic mass is 10.1. The topological polar surface area (TPSA) is 52.6 Å². The fourth-order valence-electron chi connectivity index (χ4n) is 3.47. The van der Waals surface area contributed by atoms with Crippen LogP contribution in [0, 0.1) is 5.82 Å². The van der Waals surface area contributed by atoms with E-state index in [1.54, 1.807) is 13.1 Å². The molecular formula is C22H31FIN5. The van der Waals surface area contributed by atoms with E-state index >= 15 is 0 Å². The zero-order valence-electron chi connectivity index (χ0n) is 17.0. The molecule has 1 aliphatic rings. The van der Waals surface area contributed by atoms with Gasteiger partial charge in [-0.2, -0.15) is 0 Å². The molecule has 2 N–H and O–H groups in total. The first-order valence-corrected chi connectivity index (χ1v) is 10.1. The number of aliphatic imine (C=N–C) groups is 1. The Morgan fingerprint density at radius 3 is 2.59 bits per heavy atom. The number of nitrogens with one attached hydrogen (secondary N) is 2. The minimum atomic E-state index is -0.162. The molecule has 0 bridgehead atoms. The minimum absolute atomic E-state index is 0. The molecule has 1 aliphatic heterocycles. The van der Waals surface area contributed by atoms with E-state index in [0.717, 1.165) is 18.9 Å². The maximum atomic E-state index is 13.7. The fraction of sp³-hybridized carbons (Fsp3) is 0.455. The Bertz CT molecular complexity index is 775. The standard InChI is InChI=1S/C22H30FN5.HI/c1-24-22(26-13-11-19-8-4-5-9-20(19)23)27-17-18-10-12-25-21(16-18)28-14-6-2-3-7-15-28;/h4-5,8-10,12,16H,2-3,6-7,11,13-15,17H2,1H3,(H2,24,26,27);1H. The molecule has 29 heavy (non-hydrogen) atoms. The van der Waals surface area contributed by atoms with Gasteiger partial charge in [-0.3, -0.25) is 4.99 Å². The van der Waals surface area contributed by atoms with Crippen molar-refractivity contribution in [2.75, 3.05) is 31.6 Å². The van der Waals surface area contributed by atoms with Crippen molar-refractivity contribution in [3.8, 4) is 0 Å². The van der Waals surface area contributed by atoms with Gasteiger partial charge in [-0.25, -0.2) is 9.37 Å². The van der Waals surface area contributed by atoms with Crippen LogP contribution in [-0.2, 0) is 13.0 Å². The Kier molecular flexibility index (Phi) is 10.2. The van der Waals surface area contributed by atoms with Crippen molar-refractivity contribution in [3.63, 3.8) is 0 Å². The first kappa shape index (κ1) is 23.4. The number of guanidine groups is 1. The number of rotatable bonds is 6. The summed E-state index contributed by atoms with van der Waals surface area (Å²) in [6.45, 7) is 3.46. The second kappa shape index (κ2) is 12.6. The molecule has 0 radical (unpaired) electrons. The number of benzene rings is 1. The van der Waals surface area contributed by atoms with Crippen molar-refractivity contribution in [2.45, 2.75) is 38.6 Å². The van der Waals surface area contributed by atoms with E-state index in [2.05, 4.69) is 31.6 Å². The van der Waals surface area contributed by atoms with Crippen LogP contribution >= 0.6 is 24.0 Å². The van der Waals surface area contributed by atoms with Crippen molar-refractivity contribution in [3.05, 3.63) is 59.5 Å². The van der Waals surface area contributed by atoms with E-state index in [4.69, 9.17) is 0 Å². The molecule has 3 rings (SSSR count). The molecule has 0 aliphatic carbocycles. The van der Waals surface area contributed by atoms with Crippen molar-refractivity contribution in [2.24, 2.45) is 4.99 Å². The van der Waals surface area contributed by atoms with Gasteiger partial charge in [0, 0.05) is 39.4 Å². The Balaban J connectivity index is 0.00000300. The van der Waals surface area contributed by atoms with E-state index < -0.39 is 0 Å². The molecule has 1 aromatic heterocycles. The lowest BCUT2D eigenvalue weighted by Crippen LogP contribution is -2.38. The molecular weight excluding hydrogens is 480 g/mol. The molecule has 0 amide bonds. The largest absolute Gasteiger partial charge is 0.357 e. The van der Waals surface area contributed by atoms with Crippen molar-refractivity contribution in [1.29, 1.82) is 0 Å². The highest BCUT2D eigenvalue weighted by atomic mass is 127. The Morgan fingerprint density at radius 2 is 1.86 bits per heavy atom. The van der Waals surface area contributed by atoms with Gasteiger partial charge in [-0.15, -0.1) is 24.0 Å². The summed E-state index contributed by atoms with van der Waals surface area (Å²) < 4.78 is 13.7. The summed E-state index contributed by atoms with van der Waals surface area (Å²) in [7, 11) is 1.74. The van der Waals surface area contributed by atoms with Crippen molar-refractivity contribution >= 4 is 35.8 Å². The summed E-state index contributed by atoms with van der Waals surface area (Å²) in [4.78, 5) is 11.2. The van der Waals surface area contributed by atoms with Crippen LogP contribution < -0.4 is 15.5 Å². The van der Waals surface area contributed by atoms with Crippen molar-refractivity contribution in [1.82, 2.24) is 15.6 Å². The monoisotopic (exact) mass is 511 g/mol.